The van der Waals surface area contributed by atoms with Crippen LogP contribution < -0.4 is 0 Å². The quantitative estimate of drug-likeness (QED) is 0.697. The van der Waals surface area contributed by atoms with Crippen molar-refractivity contribution in [2.24, 2.45) is 7.05 Å². The zero-order valence-corrected chi connectivity index (χ0v) is 14.6. The fourth-order valence-electron chi connectivity index (χ4n) is 2.46. The largest absolute Gasteiger partial charge is 0.388 e. The highest BCUT2D eigenvalue weighted by molar-refractivity contribution is 9.13. The van der Waals surface area contributed by atoms with E-state index in [2.05, 4.69) is 37.0 Å². The highest BCUT2D eigenvalue weighted by Crippen LogP contribution is 2.29. The smallest absolute Gasteiger partial charge is 0.0846 e. The van der Waals surface area contributed by atoms with Crippen LogP contribution in [0.5, 0.6) is 0 Å². The molecule has 0 amide bonds. The van der Waals surface area contributed by atoms with Crippen LogP contribution in [0.2, 0.25) is 0 Å². The van der Waals surface area contributed by atoms with E-state index in [9.17, 15) is 5.11 Å². The third kappa shape index (κ3) is 2.91. The normalized spacial score (nSPS) is 12.8. The van der Waals surface area contributed by atoms with Crippen molar-refractivity contribution in [3.63, 3.8) is 0 Å². The van der Waals surface area contributed by atoms with Crippen LogP contribution in [0, 0.1) is 0 Å². The van der Waals surface area contributed by atoms with Crippen molar-refractivity contribution in [1.29, 1.82) is 0 Å². The van der Waals surface area contributed by atoms with Gasteiger partial charge in [0, 0.05) is 27.8 Å². The first-order valence-electron chi connectivity index (χ1n) is 6.60. The van der Waals surface area contributed by atoms with Crippen LogP contribution in [0.1, 0.15) is 17.4 Å². The summed E-state index contributed by atoms with van der Waals surface area (Å²) in [6, 6.07) is 13.9. The fraction of sp³-hybridized carbons (Fsp3) is 0.188. The van der Waals surface area contributed by atoms with Crippen LogP contribution >= 0.6 is 31.9 Å². The number of aromatic nitrogens is 2. The van der Waals surface area contributed by atoms with Crippen molar-refractivity contribution in [3.8, 4) is 0 Å². The van der Waals surface area contributed by atoms with Gasteiger partial charge >= 0.3 is 0 Å². The third-order valence-electron chi connectivity index (χ3n) is 3.55. The molecule has 1 atom stereocenters. The van der Waals surface area contributed by atoms with Gasteiger partial charge in [-0.15, -0.1) is 0 Å². The maximum absolute atomic E-state index is 10.5. The Balaban J connectivity index is 1.92. The van der Waals surface area contributed by atoms with Crippen LogP contribution in [0.3, 0.4) is 0 Å². The molecule has 3 aromatic rings. The van der Waals surface area contributed by atoms with E-state index < -0.39 is 6.10 Å². The number of aliphatic hydroxyl groups excluding tert-OH is 1. The molecule has 3 rings (SSSR count). The molecule has 0 fully saturated rings. The highest BCUT2D eigenvalue weighted by Gasteiger charge is 2.15. The van der Waals surface area contributed by atoms with Gasteiger partial charge in [0.05, 0.1) is 17.3 Å². The topological polar surface area (TPSA) is 38.0 Å². The number of fused-ring (bicyclic) bond motifs is 1. The molecule has 1 unspecified atom stereocenters. The van der Waals surface area contributed by atoms with Crippen LogP contribution in [0.25, 0.3) is 10.9 Å². The molecule has 0 aliphatic rings. The van der Waals surface area contributed by atoms with E-state index in [4.69, 9.17) is 0 Å². The van der Waals surface area contributed by atoms with Gasteiger partial charge < -0.3 is 5.11 Å². The van der Waals surface area contributed by atoms with Gasteiger partial charge in [0.2, 0.25) is 0 Å². The molecule has 0 aliphatic carbocycles. The van der Waals surface area contributed by atoms with Gasteiger partial charge in [-0.05, 0) is 55.6 Å². The standard InChI is InChI=1S/C16H14Br2N2O/c1-20-15-5-3-2-4-11(15)14(19-20)9-16(21)10-6-7-12(17)13(18)8-10/h2-8,16,21H,9H2,1H3. The Morgan fingerprint density at radius 1 is 1.14 bits per heavy atom. The second kappa shape index (κ2) is 5.91. The van der Waals surface area contributed by atoms with Gasteiger partial charge in [0.25, 0.3) is 0 Å². The molecule has 1 heterocycles. The maximum atomic E-state index is 10.5. The number of aliphatic hydroxyl groups is 1. The summed E-state index contributed by atoms with van der Waals surface area (Å²) in [6.45, 7) is 0. The molecule has 2 aromatic carbocycles. The summed E-state index contributed by atoms with van der Waals surface area (Å²) < 4.78 is 3.76. The van der Waals surface area contributed by atoms with E-state index in [-0.39, 0.29) is 0 Å². The summed E-state index contributed by atoms with van der Waals surface area (Å²) in [6.07, 6.45) is -0.0807. The molecule has 5 heteroatoms. The number of halogens is 2. The average molecular weight is 410 g/mol. The Hall–Kier alpha value is -1.17. The molecule has 0 saturated heterocycles. The lowest BCUT2D eigenvalue weighted by Crippen LogP contribution is -2.03. The number of aryl methyl sites for hydroxylation is 1. The summed E-state index contributed by atoms with van der Waals surface area (Å²) in [5.41, 5.74) is 2.87. The van der Waals surface area contributed by atoms with E-state index in [1.165, 1.54) is 0 Å². The van der Waals surface area contributed by atoms with E-state index >= 15 is 0 Å². The Morgan fingerprint density at radius 2 is 1.90 bits per heavy atom. The molecule has 0 spiro atoms. The number of hydrogen-bond donors (Lipinski definition) is 1. The zero-order chi connectivity index (χ0) is 15.0. The minimum absolute atomic E-state index is 0.495. The number of benzene rings is 2. The van der Waals surface area contributed by atoms with Crippen molar-refractivity contribution < 1.29 is 5.11 Å². The molecule has 3 nitrogen and oxygen atoms in total. The van der Waals surface area contributed by atoms with Crippen LogP contribution in [0.4, 0.5) is 0 Å². The molecule has 21 heavy (non-hydrogen) atoms. The van der Waals surface area contributed by atoms with Gasteiger partial charge in [-0.1, -0.05) is 24.3 Å². The van der Waals surface area contributed by atoms with Crippen LogP contribution in [-0.4, -0.2) is 14.9 Å². The zero-order valence-electron chi connectivity index (χ0n) is 11.4. The fourth-order valence-corrected chi connectivity index (χ4v) is 3.10. The molecular formula is C16H14Br2N2O. The van der Waals surface area contributed by atoms with Crippen LogP contribution in [-0.2, 0) is 13.5 Å². The van der Waals surface area contributed by atoms with Crippen molar-refractivity contribution in [1.82, 2.24) is 9.78 Å². The molecule has 0 saturated carbocycles. The Labute approximate surface area is 139 Å². The lowest BCUT2D eigenvalue weighted by atomic mass is 10.0. The van der Waals surface area contributed by atoms with E-state index in [0.717, 1.165) is 31.1 Å². The first-order chi connectivity index (χ1) is 10.1. The van der Waals surface area contributed by atoms with Gasteiger partial charge in [0.15, 0.2) is 0 Å². The van der Waals surface area contributed by atoms with E-state index in [1.54, 1.807) is 0 Å². The van der Waals surface area contributed by atoms with E-state index in [1.807, 2.05) is 54.2 Å². The maximum Gasteiger partial charge on any atom is 0.0846 e. The monoisotopic (exact) mass is 408 g/mol. The SMILES string of the molecule is Cn1nc(CC(O)c2ccc(Br)c(Br)c2)c2ccccc21. The highest BCUT2D eigenvalue weighted by atomic mass is 79.9. The van der Waals surface area contributed by atoms with Crippen molar-refractivity contribution >= 4 is 42.8 Å². The number of nitrogens with zero attached hydrogens (tertiary/aromatic N) is 2. The average Bonchev–Trinajstić information content (AvgIpc) is 2.79. The Kier molecular flexibility index (Phi) is 4.15. The lowest BCUT2D eigenvalue weighted by molar-refractivity contribution is 0.177. The number of rotatable bonds is 3. The van der Waals surface area contributed by atoms with Crippen LogP contribution in [0.15, 0.2) is 51.4 Å². The van der Waals surface area contributed by atoms with Gasteiger partial charge in [-0.2, -0.15) is 5.10 Å². The Bertz CT molecular complexity index is 798. The second-order valence-corrected chi connectivity index (χ2v) is 6.69. The van der Waals surface area contributed by atoms with Crippen molar-refractivity contribution in [2.75, 3.05) is 0 Å². The second-order valence-electron chi connectivity index (χ2n) is 4.98. The van der Waals surface area contributed by atoms with Gasteiger partial charge in [-0.25, -0.2) is 0 Å². The molecule has 108 valence electrons. The first kappa shape index (κ1) is 14.8. The third-order valence-corrected chi connectivity index (χ3v) is 5.43. The lowest BCUT2D eigenvalue weighted by Gasteiger charge is -2.11. The van der Waals surface area contributed by atoms with Crippen molar-refractivity contribution in [3.05, 3.63) is 62.7 Å². The summed E-state index contributed by atoms with van der Waals surface area (Å²) >= 11 is 6.90. The minimum Gasteiger partial charge on any atom is -0.388 e. The number of hydrogen-bond acceptors (Lipinski definition) is 2. The first-order valence-corrected chi connectivity index (χ1v) is 8.18. The summed E-state index contributed by atoms with van der Waals surface area (Å²) in [7, 11) is 1.93. The molecule has 1 N–H and O–H groups in total. The van der Waals surface area contributed by atoms with Gasteiger partial charge in [-0.3, -0.25) is 4.68 Å². The predicted octanol–water partition coefficient (Wildman–Crippen LogP) is 4.37. The molecule has 1 aromatic heterocycles. The molecule has 0 aliphatic heterocycles. The molecule has 0 bridgehead atoms. The minimum atomic E-state index is -0.576. The number of para-hydroxylation sites is 1. The predicted molar refractivity (Wildman–Crippen MR) is 91.2 cm³/mol. The summed E-state index contributed by atoms with van der Waals surface area (Å²) in [5.74, 6) is 0. The summed E-state index contributed by atoms with van der Waals surface area (Å²) in [5, 5.41) is 16.1. The Morgan fingerprint density at radius 3 is 2.67 bits per heavy atom. The molecule has 0 radical (unpaired) electrons. The summed E-state index contributed by atoms with van der Waals surface area (Å²) in [4.78, 5) is 0. The van der Waals surface area contributed by atoms with Gasteiger partial charge in [0.1, 0.15) is 0 Å². The molecular weight excluding hydrogens is 396 g/mol. The van der Waals surface area contributed by atoms with Crippen molar-refractivity contribution in [2.45, 2.75) is 12.5 Å². The van der Waals surface area contributed by atoms with E-state index in [0.29, 0.717) is 6.42 Å².